The minimum atomic E-state index is -3.48. The highest BCUT2D eigenvalue weighted by atomic mass is 79.9. The Bertz CT molecular complexity index is 572. The number of benzene rings is 1. The van der Waals surface area contributed by atoms with Crippen LogP contribution in [0.2, 0.25) is 0 Å². The standard InChI is InChI=1S/C13H18Br2N2O2S/c1-10(17-6-2-3-7-17)9-16-20(18,19)13-5-4-11(14)8-12(13)15/h4-5,8,10,16H,2-3,6-7,9H2,1H3. The summed E-state index contributed by atoms with van der Waals surface area (Å²) in [5, 5.41) is 0. The summed E-state index contributed by atoms with van der Waals surface area (Å²) in [4.78, 5) is 2.59. The van der Waals surface area contributed by atoms with Crippen LogP contribution in [-0.4, -0.2) is 39.0 Å². The number of rotatable bonds is 5. The van der Waals surface area contributed by atoms with Crippen LogP contribution in [0, 0.1) is 0 Å². The molecule has 1 saturated heterocycles. The molecule has 0 amide bonds. The van der Waals surface area contributed by atoms with Crippen molar-refractivity contribution in [3.63, 3.8) is 0 Å². The molecule has 2 rings (SSSR count). The Balaban J connectivity index is 2.03. The number of halogens is 2. The Morgan fingerprint density at radius 3 is 2.55 bits per heavy atom. The first-order valence-corrected chi connectivity index (χ1v) is 9.66. The Labute approximate surface area is 137 Å². The van der Waals surface area contributed by atoms with Crippen molar-refractivity contribution in [2.24, 2.45) is 0 Å². The lowest BCUT2D eigenvalue weighted by Crippen LogP contribution is -2.40. The minimum Gasteiger partial charge on any atom is -0.299 e. The molecule has 7 heteroatoms. The maximum atomic E-state index is 12.3. The van der Waals surface area contributed by atoms with Crippen molar-refractivity contribution in [2.45, 2.75) is 30.7 Å². The summed E-state index contributed by atoms with van der Waals surface area (Å²) in [6, 6.07) is 5.28. The van der Waals surface area contributed by atoms with Crippen LogP contribution in [0.3, 0.4) is 0 Å². The molecule has 1 fully saturated rings. The van der Waals surface area contributed by atoms with Crippen LogP contribution < -0.4 is 4.72 Å². The van der Waals surface area contributed by atoms with Crippen LogP contribution in [0.5, 0.6) is 0 Å². The zero-order chi connectivity index (χ0) is 14.8. The molecule has 1 heterocycles. The van der Waals surface area contributed by atoms with Gasteiger partial charge in [0.1, 0.15) is 0 Å². The van der Waals surface area contributed by atoms with Gasteiger partial charge in [-0.1, -0.05) is 15.9 Å². The molecule has 4 nitrogen and oxygen atoms in total. The Kier molecular flexibility index (Phi) is 5.64. The summed E-state index contributed by atoms with van der Waals surface area (Å²) >= 11 is 6.61. The largest absolute Gasteiger partial charge is 0.299 e. The van der Waals surface area contributed by atoms with Crippen LogP contribution in [0.15, 0.2) is 32.0 Å². The van der Waals surface area contributed by atoms with E-state index in [4.69, 9.17) is 0 Å². The number of sulfonamides is 1. The predicted molar refractivity (Wildman–Crippen MR) is 87.3 cm³/mol. The second-order valence-electron chi connectivity index (χ2n) is 5.02. The summed E-state index contributed by atoms with van der Waals surface area (Å²) in [6.07, 6.45) is 2.41. The molecular formula is C13H18Br2N2O2S. The Hall–Kier alpha value is 0.0500. The summed E-state index contributed by atoms with van der Waals surface area (Å²) in [7, 11) is -3.48. The van der Waals surface area contributed by atoms with Crippen molar-refractivity contribution in [3.8, 4) is 0 Å². The second-order valence-corrected chi connectivity index (χ2v) is 8.52. The van der Waals surface area contributed by atoms with Gasteiger partial charge in [-0.15, -0.1) is 0 Å². The third kappa shape index (κ3) is 4.04. The summed E-state index contributed by atoms with van der Waals surface area (Å²) < 4.78 is 28.7. The topological polar surface area (TPSA) is 49.4 Å². The third-order valence-corrected chi connectivity index (χ3v) is 6.41. The van der Waals surface area contributed by atoms with E-state index in [1.54, 1.807) is 18.2 Å². The van der Waals surface area contributed by atoms with Gasteiger partial charge in [0.05, 0.1) is 4.90 Å². The van der Waals surface area contributed by atoms with Crippen LogP contribution in [0.4, 0.5) is 0 Å². The van der Waals surface area contributed by atoms with Crippen molar-refractivity contribution in [1.29, 1.82) is 0 Å². The molecule has 1 aromatic rings. The molecule has 1 atom stereocenters. The Morgan fingerprint density at radius 2 is 1.95 bits per heavy atom. The van der Waals surface area contributed by atoms with Crippen molar-refractivity contribution in [1.82, 2.24) is 9.62 Å². The van der Waals surface area contributed by atoms with Crippen molar-refractivity contribution < 1.29 is 8.42 Å². The molecule has 0 saturated carbocycles. The van der Waals surface area contributed by atoms with E-state index >= 15 is 0 Å². The lowest BCUT2D eigenvalue weighted by atomic mass is 10.3. The zero-order valence-electron chi connectivity index (χ0n) is 11.3. The zero-order valence-corrected chi connectivity index (χ0v) is 15.3. The summed E-state index contributed by atoms with van der Waals surface area (Å²) in [5.41, 5.74) is 0. The van der Waals surface area contributed by atoms with E-state index in [1.807, 2.05) is 0 Å². The van der Waals surface area contributed by atoms with Gasteiger partial charge in [0.2, 0.25) is 10.0 Å². The summed E-state index contributed by atoms with van der Waals surface area (Å²) in [6.45, 7) is 4.62. The van der Waals surface area contributed by atoms with Crippen molar-refractivity contribution in [2.75, 3.05) is 19.6 Å². The highest BCUT2D eigenvalue weighted by Gasteiger charge is 2.22. The molecule has 0 spiro atoms. The van der Waals surface area contributed by atoms with Gasteiger partial charge in [0.15, 0.2) is 0 Å². The van der Waals surface area contributed by atoms with Gasteiger partial charge in [0.25, 0.3) is 0 Å². The monoisotopic (exact) mass is 424 g/mol. The number of nitrogens with zero attached hydrogens (tertiary/aromatic N) is 1. The van der Waals surface area contributed by atoms with Crippen LogP contribution >= 0.6 is 31.9 Å². The van der Waals surface area contributed by atoms with Crippen LogP contribution in [-0.2, 0) is 10.0 Å². The summed E-state index contributed by atoms with van der Waals surface area (Å²) in [5.74, 6) is 0. The van der Waals surface area contributed by atoms with Gasteiger partial charge in [0, 0.05) is 21.5 Å². The van der Waals surface area contributed by atoms with Gasteiger partial charge >= 0.3 is 0 Å². The first-order valence-electron chi connectivity index (χ1n) is 6.59. The maximum absolute atomic E-state index is 12.3. The fraction of sp³-hybridized carbons (Fsp3) is 0.538. The second kappa shape index (κ2) is 6.87. The lowest BCUT2D eigenvalue weighted by molar-refractivity contribution is 0.260. The van der Waals surface area contributed by atoms with E-state index in [2.05, 4.69) is 48.4 Å². The maximum Gasteiger partial charge on any atom is 0.241 e. The number of hydrogen-bond acceptors (Lipinski definition) is 3. The van der Waals surface area contributed by atoms with Crippen molar-refractivity contribution >= 4 is 41.9 Å². The minimum absolute atomic E-state index is 0.224. The average molecular weight is 426 g/mol. The van der Waals surface area contributed by atoms with Gasteiger partial charge in [-0.25, -0.2) is 13.1 Å². The van der Waals surface area contributed by atoms with E-state index in [0.29, 0.717) is 11.0 Å². The molecule has 20 heavy (non-hydrogen) atoms. The van der Waals surface area contributed by atoms with Gasteiger partial charge in [-0.3, -0.25) is 4.90 Å². The molecule has 1 aliphatic heterocycles. The lowest BCUT2D eigenvalue weighted by Gasteiger charge is -2.23. The first kappa shape index (κ1) is 16.4. The smallest absolute Gasteiger partial charge is 0.241 e. The number of nitrogens with one attached hydrogen (secondary N) is 1. The highest BCUT2D eigenvalue weighted by Crippen LogP contribution is 2.25. The normalized spacial score (nSPS) is 18.4. The first-order chi connectivity index (χ1) is 9.40. The molecule has 1 aliphatic rings. The van der Waals surface area contributed by atoms with E-state index in [9.17, 15) is 8.42 Å². The van der Waals surface area contributed by atoms with E-state index in [0.717, 1.165) is 17.6 Å². The fourth-order valence-electron chi connectivity index (χ4n) is 2.31. The average Bonchev–Trinajstić information content (AvgIpc) is 2.89. The van der Waals surface area contributed by atoms with Crippen LogP contribution in [0.1, 0.15) is 19.8 Å². The van der Waals surface area contributed by atoms with E-state index < -0.39 is 10.0 Å². The number of hydrogen-bond donors (Lipinski definition) is 1. The van der Waals surface area contributed by atoms with Crippen molar-refractivity contribution in [3.05, 3.63) is 27.1 Å². The van der Waals surface area contributed by atoms with E-state index in [1.165, 1.54) is 12.8 Å². The number of likely N-dealkylation sites (tertiary alicyclic amines) is 1. The molecular weight excluding hydrogens is 408 g/mol. The quantitative estimate of drug-likeness (QED) is 0.788. The fourth-order valence-corrected chi connectivity index (χ4v) is 5.18. The molecule has 112 valence electrons. The molecule has 0 radical (unpaired) electrons. The molecule has 0 aromatic heterocycles. The SMILES string of the molecule is CC(CNS(=O)(=O)c1ccc(Br)cc1Br)N1CCCC1. The molecule has 0 aliphatic carbocycles. The molecule has 1 aromatic carbocycles. The van der Waals surface area contributed by atoms with Gasteiger partial charge < -0.3 is 0 Å². The highest BCUT2D eigenvalue weighted by molar-refractivity contribution is 9.11. The third-order valence-electron chi connectivity index (χ3n) is 3.52. The predicted octanol–water partition coefficient (Wildman–Crippen LogP) is 2.97. The molecule has 1 N–H and O–H groups in total. The van der Waals surface area contributed by atoms with E-state index in [-0.39, 0.29) is 10.9 Å². The van der Waals surface area contributed by atoms with Gasteiger partial charge in [-0.2, -0.15) is 0 Å². The Morgan fingerprint density at radius 1 is 1.30 bits per heavy atom. The van der Waals surface area contributed by atoms with Crippen LogP contribution in [0.25, 0.3) is 0 Å². The van der Waals surface area contributed by atoms with Gasteiger partial charge in [-0.05, 0) is 67.0 Å². The molecule has 1 unspecified atom stereocenters. The molecule has 0 bridgehead atoms.